The van der Waals surface area contributed by atoms with Crippen LogP contribution in [0.3, 0.4) is 0 Å². The maximum atomic E-state index is 13.6. The van der Waals surface area contributed by atoms with Gasteiger partial charge < -0.3 is 5.32 Å². The van der Waals surface area contributed by atoms with Gasteiger partial charge in [0, 0.05) is 24.2 Å². The maximum absolute atomic E-state index is 13.6. The van der Waals surface area contributed by atoms with Crippen molar-refractivity contribution in [2.24, 2.45) is 0 Å². The monoisotopic (exact) mass is 432 g/mol. The van der Waals surface area contributed by atoms with Crippen LogP contribution < -0.4 is 9.62 Å². The second-order valence-corrected chi connectivity index (χ2v) is 9.23. The Morgan fingerprint density at radius 1 is 0.935 bits per heavy atom. The van der Waals surface area contributed by atoms with Crippen LogP contribution in [0.4, 0.5) is 5.69 Å². The lowest BCUT2D eigenvalue weighted by Crippen LogP contribution is -2.41. The molecule has 0 radical (unpaired) electrons. The van der Waals surface area contributed by atoms with E-state index in [-0.39, 0.29) is 18.0 Å². The molecule has 3 aromatic carbocycles. The molecule has 1 N–H and O–H groups in total. The van der Waals surface area contributed by atoms with Crippen LogP contribution in [-0.2, 0) is 21.4 Å². The molecule has 0 atom stereocenters. The number of fused-ring (bicyclic) bond motifs is 1. The summed E-state index contributed by atoms with van der Waals surface area (Å²) in [6.07, 6.45) is 0. The predicted octanol–water partition coefficient (Wildman–Crippen LogP) is 4.24. The minimum Gasteiger partial charge on any atom is -0.347 e. The molecule has 31 heavy (non-hydrogen) atoms. The molecule has 0 saturated carbocycles. The van der Waals surface area contributed by atoms with Gasteiger partial charge in [-0.3, -0.25) is 9.10 Å². The summed E-state index contributed by atoms with van der Waals surface area (Å²) in [5.74, 6) is -0.603. The highest BCUT2D eigenvalue weighted by atomic mass is 32.2. The van der Waals surface area contributed by atoms with Crippen molar-refractivity contribution in [1.29, 1.82) is 0 Å². The Morgan fingerprint density at radius 2 is 1.65 bits per heavy atom. The molecule has 0 saturated heterocycles. The maximum Gasteiger partial charge on any atom is 0.270 e. The van der Waals surface area contributed by atoms with E-state index >= 15 is 0 Å². The van der Waals surface area contributed by atoms with Gasteiger partial charge in [-0.25, -0.2) is 8.42 Å². The molecule has 0 bridgehead atoms. The molecule has 4 rings (SSSR count). The summed E-state index contributed by atoms with van der Waals surface area (Å²) in [5.41, 5.74) is 4.42. The number of rotatable bonds is 5. The van der Waals surface area contributed by atoms with Gasteiger partial charge in [0.25, 0.3) is 15.9 Å². The van der Waals surface area contributed by atoms with Gasteiger partial charge in [-0.1, -0.05) is 78.4 Å². The van der Waals surface area contributed by atoms with Crippen molar-refractivity contribution < 1.29 is 13.2 Å². The first-order chi connectivity index (χ1) is 14.9. The molecule has 1 heterocycles. The number of nitrogens with one attached hydrogen (secondary N) is 1. The lowest BCUT2D eigenvalue weighted by molar-refractivity contribution is -0.116. The van der Waals surface area contributed by atoms with Gasteiger partial charge in [0.05, 0.1) is 5.69 Å². The lowest BCUT2D eigenvalue weighted by Gasteiger charge is -2.32. The molecule has 5 nitrogen and oxygen atoms in total. The second-order valence-electron chi connectivity index (χ2n) is 7.43. The lowest BCUT2D eigenvalue weighted by atomic mass is 9.95. The van der Waals surface area contributed by atoms with Crippen LogP contribution in [0.25, 0.3) is 5.57 Å². The summed E-state index contributed by atoms with van der Waals surface area (Å²) < 4.78 is 28.5. The summed E-state index contributed by atoms with van der Waals surface area (Å²) in [6.45, 7) is 4.22. The first kappa shape index (κ1) is 20.9. The highest BCUT2D eigenvalue weighted by Crippen LogP contribution is 2.42. The number of aryl methyl sites for hydroxylation is 1. The highest BCUT2D eigenvalue weighted by Gasteiger charge is 2.40. The number of carbonyl (C=O) groups excluding carboxylic acids is 1. The molecule has 0 spiro atoms. The quantitative estimate of drug-likeness (QED) is 0.656. The molecule has 0 aromatic heterocycles. The van der Waals surface area contributed by atoms with Crippen LogP contribution >= 0.6 is 0 Å². The summed E-state index contributed by atoms with van der Waals surface area (Å²) in [7, 11) is -4.04. The third kappa shape index (κ3) is 3.86. The van der Waals surface area contributed by atoms with Gasteiger partial charge in [0.2, 0.25) is 0 Å². The van der Waals surface area contributed by atoms with E-state index in [1.165, 1.54) is 4.31 Å². The molecule has 1 aliphatic heterocycles. The molecular weight excluding hydrogens is 408 g/mol. The molecule has 0 aliphatic carbocycles. The zero-order valence-electron chi connectivity index (χ0n) is 17.5. The smallest absolute Gasteiger partial charge is 0.270 e. The van der Waals surface area contributed by atoms with E-state index in [1.54, 1.807) is 13.0 Å². The minimum atomic E-state index is -4.04. The first-order valence-corrected chi connectivity index (χ1v) is 11.6. The van der Waals surface area contributed by atoms with Crippen molar-refractivity contribution in [3.8, 4) is 0 Å². The fourth-order valence-corrected chi connectivity index (χ4v) is 5.71. The average molecular weight is 433 g/mol. The SMILES string of the molecule is CCN1c2ccccc2C(c2ccccc2)=C(C(=O)NCc2cccc(C)c2)S1(=O)=O. The summed E-state index contributed by atoms with van der Waals surface area (Å²) >= 11 is 0. The molecule has 1 aliphatic rings. The second kappa shape index (κ2) is 8.40. The largest absolute Gasteiger partial charge is 0.347 e. The summed E-state index contributed by atoms with van der Waals surface area (Å²) in [4.78, 5) is 13.1. The van der Waals surface area contributed by atoms with Gasteiger partial charge in [0.1, 0.15) is 0 Å². The van der Waals surface area contributed by atoms with Gasteiger partial charge in [0.15, 0.2) is 4.91 Å². The van der Waals surface area contributed by atoms with Gasteiger partial charge in [-0.15, -0.1) is 0 Å². The van der Waals surface area contributed by atoms with Crippen molar-refractivity contribution in [2.45, 2.75) is 20.4 Å². The Hall–Kier alpha value is -3.38. The van der Waals surface area contributed by atoms with Crippen molar-refractivity contribution in [2.75, 3.05) is 10.8 Å². The molecule has 1 amide bonds. The Labute approximate surface area is 183 Å². The number of amides is 1. The molecule has 158 valence electrons. The zero-order valence-corrected chi connectivity index (χ0v) is 18.3. The molecule has 0 unspecified atom stereocenters. The normalized spacial score (nSPS) is 14.8. The number of anilines is 1. The Bertz CT molecular complexity index is 1260. The molecule has 0 fully saturated rings. The van der Waals surface area contributed by atoms with Crippen molar-refractivity contribution in [3.63, 3.8) is 0 Å². The van der Waals surface area contributed by atoms with Crippen molar-refractivity contribution in [3.05, 3.63) is 106 Å². The topological polar surface area (TPSA) is 66.5 Å². The number of nitrogens with zero attached hydrogens (tertiary/aromatic N) is 1. The van der Waals surface area contributed by atoms with Crippen LogP contribution in [0.5, 0.6) is 0 Å². The van der Waals surface area contributed by atoms with Crippen molar-refractivity contribution in [1.82, 2.24) is 5.32 Å². The summed E-state index contributed by atoms with van der Waals surface area (Å²) in [6, 6.07) is 24.3. The first-order valence-electron chi connectivity index (χ1n) is 10.2. The van der Waals surface area contributed by atoms with Gasteiger partial charge >= 0.3 is 0 Å². The van der Waals surface area contributed by atoms with Crippen LogP contribution in [0, 0.1) is 6.92 Å². The number of hydrogen-bond donors (Lipinski definition) is 1. The van der Waals surface area contributed by atoms with Crippen LogP contribution in [0.1, 0.15) is 29.2 Å². The van der Waals surface area contributed by atoms with E-state index in [4.69, 9.17) is 0 Å². The number of hydrogen-bond acceptors (Lipinski definition) is 3. The van der Waals surface area contributed by atoms with E-state index in [1.807, 2.05) is 79.7 Å². The number of sulfonamides is 1. The highest BCUT2D eigenvalue weighted by molar-refractivity contribution is 7.97. The fraction of sp³-hybridized carbons (Fsp3) is 0.160. The fourth-order valence-electron chi connectivity index (χ4n) is 3.94. The van der Waals surface area contributed by atoms with E-state index < -0.39 is 15.9 Å². The Balaban J connectivity index is 1.87. The number of carbonyl (C=O) groups is 1. The van der Waals surface area contributed by atoms with Crippen molar-refractivity contribution >= 4 is 27.2 Å². The average Bonchev–Trinajstić information content (AvgIpc) is 2.77. The van der Waals surface area contributed by atoms with Gasteiger partial charge in [-0.05, 0) is 31.0 Å². The van der Waals surface area contributed by atoms with Crippen LogP contribution in [-0.4, -0.2) is 20.9 Å². The molecular formula is C25H24N2O3S. The zero-order chi connectivity index (χ0) is 22.0. The summed E-state index contributed by atoms with van der Waals surface area (Å²) in [5, 5.41) is 2.82. The Morgan fingerprint density at radius 3 is 2.35 bits per heavy atom. The van der Waals surface area contributed by atoms with Crippen LogP contribution in [0.2, 0.25) is 0 Å². The third-order valence-electron chi connectivity index (χ3n) is 5.31. The number of para-hydroxylation sites is 1. The van der Waals surface area contributed by atoms with Crippen LogP contribution in [0.15, 0.2) is 83.8 Å². The third-order valence-corrected chi connectivity index (χ3v) is 7.25. The van der Waals surface area contributed by atoms with E-state index in [0.717, 1.165) is 16.7 Å². The van der Waals surface area contributed by atoms with E-state index in [9.17, 15) is 13.2 Å². The Kier molecular flexibility index (Phi) is 5.65. The van der Waals surface area contributed by atoms with E-state index in [0.29, 0.717) is 16.8 Å². The molecule has 6 heteroatoms. The van der Waals surface area contributed by atoms with Gasteiger partial charge in [-0.2, -0.15) is 0 Å². The number of benzene rings is 3. The molecule has 3 aromatic rings. The van der Waals surface area contributed by atoms with E-state index in [2.05, 4.69) is 5.32 Å². The standard InChI is InChI=1S/C25H24N2O3S/c1-3-27-22-15-8-7-14-21(22)23(20-12-5-4-6-13-20)24(31(27,29)30)25(28)26-17-19-11-9-10-18(2)16-19/h4-16H,3,17H2,1-2H3,(H,26,28). The minimum absolute atomic E-state index is 0.216. The predicted molar refractivity (Wildman–Crippen MR) is 124 cm³/mol.